The summed E-state index contributed by atoms with van der Waals surface area (Å²) in [6, 6.07) is 0. The van der Waals surface area contributed by atoms with Crippen molar-refractivity contribution in [2.45, 2.75) is 53.1 Å². The van der Waals surface area contributed by atoms with Crippen LogP contribution < -0.4 is 4.74 Å². The molecule has 2 rings (SSSR count). The van der Waals surface area contributed by atoms with Crippen molar-refractivity contribution < 1.29 is 28.9 Å². The lowest BCUT2D eigenvalue weighted by molar-refractivity contribution is -0.144. The molecule has 0 fully saturated rings. The van der Waals surface area contributed by atoms with Gasteiger partial charge in [-0.05, 0) is 51.5 Å². The van der Waals surface area contributed by atoms with Crippen LogP contribution in [0.5, 0.6) is 11.5 Å². The number of alkyl halides is 1. The highest BCUT2D eigenvalue weighted by molar-refractivity contribution is 9.09. The molecule has 7 heteroatoms. The normalized spacial score (nSPS) is 14.4. The number of phenolic OH excluding ortho intramolecular Hbond substituents is 1. The van der Waals surface area contributed by atoms with Gasteiger partial charge in [-0.3, -0.25) is 4.79 Å². The Bertz CT molecular complexity index is 799. The van der Waals surface area contributed by atoms with Crippen LogP contribution in [0.2, 0.25) is 0 Å². The first kappa shape index (κ1) is 23.3. The van der Waals surface area contributed by atoms with E-state index in [1.165, 1.54) is 0 Å². The SMILES string of the molecule is CCOC(=O)CC(CCCBr)/C(C)=C/Cc1c(O)c2c(c(C)c1OC)COC2=O. The quantitative estimate of drug-likeness (QED) is 0.306. The maximum atomic E-state index is 12.0. The standard InChI is InChI=1S/C22H29BrO6/c1-5-28-18(24)11-15(7-6-10-23)13(2)8-9-16-20(25)19-17(12-29-22(19)26)14(3)21(16)27-4/h8,15,25H,5-7,9-12H2,1-4H3/b13-8+. The van der Waals surface area contributed by atoms with Crippen LogP contribution >= 0.6 is 15.9 Å². The first-order valence-electron chi connectivity index (χ1n) is 9.82. The molecular weight excluding hydrogens is 440 g/mol. The Kier molecular flexibility index (Phi) is 8.56. The molecule has 1 atom stereocenters. The molecule has 0 saturated carbocycles. The summed E-state index contributed by atoms with van der Waals surface area (Å²) in [6.45, 7) is 6.15. The predicted molar refractivity (Wildman–Crippen MR) is 114 cm³/mol. The van der Waals surface area contributed by atoms with Crippen molar-refractivity contribution >= 4 is 27.9 Å². The molecule has 1 aromatic carbocycles. The number of benzene rings is 1. The maximum Gasteiger partial charge on any atom is 0.342 e. The molecule has 6 nitrogen and oxygen atoms in total. The number of aromatic hydroxyl groups is 1. The summed E-state index contributed by atoms with van der Waals surface area (Å²) in [5.74, 6) is -0.193. The molecule has 1 unspecified atom stereocenters. The van der Waals surface area contributed by atoms with Gasteiger partial charge in [0.2, 0.25) is 0 Å². The maximum absolute atomic E-state index is 12.0. The van der Waals surface area contributed by atoms with Crippen molar-refractivity contribution in [3.63, 3.8) is 0 Å². The number of ether oxygens (including phenoxy) is 3. The highest BCUT2D eigenvalue weighted by Gasteiger charge is 2.32. The van der Waals surface area contributed by atoms with Gasteiger partial charge in [0, 0.05) is 16.5 Å². The Balaban J connectivity index is 2.32. The van der Waals surface area contributed by atoms with Crippen molar-refractivity contribution in [2.24, 2.45) is 5.92 Å². The van der Waals surface area contributed by atoms with Crippen molar-refractivity contribution in [3.8, 4) is 11.5 Å². The van der Waals surface area contributed by atoms with E-state index < -0.39 is 5.97 Å². The van der Waals surface area contributed by atoms with Crippen molar-refractivity contribution in [1.82, 2.24) is 0 Å². The Morgan fingerprint density at radius 1 is 1.41 bits per heavy atom. The van der Waals surface area contributed by atoms with E-state index in [1.807, 2.05) is 19.9 Å². The predicted octanol–water partition coefficient (Wildman–Crippen LogP) is 4.61. The Labute approximate surface area is 180 Å². The van der Waals surface area contributed by atoms with Crippen molar-refractivity contribution in [1.29, 1.82) is 0 Å². The number of hydrogen-bond donors (Lipinski definition) is 1. The van der Waals surface area contributed by atoms with Crippen LogP contribution in [0, 0.1) is 12.8 Å². The minimum Gasteiger partial charge on any atom is -0.507 e. The van der Waals surface area contributed by atoms with E-state index in [9.17, 15) is 14.7 Å². The molecule has 29 heavy (non-hydrogen) atoms. The lowest BCUT2D eigenvalue weighted by atomic mass is 9.90. The van der Waals surface area contributed by atoms with E-state index in [-0.39, 0.29) is 29.8 Å². The van der Waals surface area contributed by atoms with Gasteiger partial charge in [-0.2, -0.15) is 0 Å². The van der Waals surface area contributed by atoms with Crippen LogP contribution in [0.1, 0.15) is 60.2 Å². The fourth-order valence-corrected chi connectivity index (χ4v) is 4.02. The molecule has 0 radical (unpaired) electrons. The number of fused-ring (bicyclic) bond motifs is 1. The van der Waals surface area contributed by atoms with Crippen LogP contribution in [-0.2, 0) is 27.3 Å². The monoisotopic (exact) mass is 468 g/mol. The number of hydrogen-bond acceptors (Lipinski definition) is 6. The second-order valence-corrected chi connectivity index (χ2v) is 7.90. The third-order valence-corrected chi connectivity index (χ3v) is 5.89. The van der Waals surface area contributed by atoms with Crippen molar-refractivity contribution in [3.05, 3.63) is 33.9 Å². The zero-order valence-electron chi connectivity index (χ0n) is 17.5. The number of esters is 2. The summed E-state index contributed by atoms with van der Waals surface area (Å²) >= 11 is 3.44. The van der Waals surface area contributed by atoms with Gasteiger partial charge in [-0.15, -0.1) is 0 Å². The summed E-state index contributed by atoms with van der Waals surface area (Å²) in [7, 11) is 1.55. The zero-order valence-corrected chi connectivity index (χ0v) is 19.1. The third-order valence-electron chi connectivity index (χ3n) is 5.32. The molecule has 1 aliphatic rings. The van der Waals surface area contributed by atoms with Crippen LogP contribution in [0.3, 0.4) is 0 Å². The average Bonchev–Trinajstić information content (AvgIpc) is 3.08. The minimum atomic E-state index is -0.511. The highest BCUT2D eigenvalue weighted by atomic mass is 79.9. The molecule has 1 aromatic rings. The van der Waals surface area contributed by atoms with E-state index >= 15 is 0 Å². The molecule has 160 valence electrons. The molecule has 1 heterocycles. The first-order valence-corrected chi connectivity index (χ1v) is 10.9. The van der Waals surface area contributed by atoms with Gasteiger partial charge >= 0.3 is 11.9 Å². The van der Waals surface area contributed by atoms with Crippen LogP contribution in [0.15, 0.2) is 11.6 Å². The van der Waals surface area contributed by atoms with Crippen molar-refractivity contribution in [2.75, 3.05) is 19.0 Å². The van der Waals surface area contributed by atoms with Gasteiger partial charge in [-0.1, -0.05) is 27.6 Å². The summed E-state index contributed by atoms with van der Waals surface area (Å²) in [4.78, 5) is 24.0. The fourth-order valence-electron chi connectivity index (χ4n) is 3.69. The van der Waals surface area contributed by atoms with E-state index in [4.69, 9.17) is 14.2 Å². The number of phenols is 1. The molecule has 1 N–H and O–H groups in total. The number of methoxy groups -OCH3 is 1. The number of carbonyl (C=O) groups is 2. The average molecular weight is 469 g/mol. The van der Waals surface area contributed by atoms with Crippen LogP contribution in [-0.4, -0.2) is 36.1 Å². The Hall–Kier alpha value is -2.02. The largest absolute Gasteiger partial charge is 0.507 e. The van der Waals surface area contributed by atoms with Crippen LogP contribution in [0.4, 0.5) is 0 Å². The lowest BCUT2D eigenvalue weighted by Crippen LogP contribution is -2.13. The van der Waals surface area contributed by atoms with Gasteiger partial charge in [0.1, 0.15) is 23.7 Å². The molecule has 0 saturated heterocycles. The molecule has 0 bridgehead atoms. The summed E-state index contributed by atoms with van der Waals surface area (Å²) < 4.78 is 15.7. The summed E-state index contributed by atoms with van der Waals surface area (Å²) in [5.41, 5.74) is 3.30. The summed E-state index contributed by atoms with van der Waals surface area (Å²) in [6.07, 6.45) is 4.48. The molecule has 1 aliphatic heterocycles. The molecule has 0 amide bonds. The number of rotatable bonds is 10. The first-order chi connectivity index (χ1) is 13.8. The van der Waals surface area contributed by atoms with E-state index in [0.29, 0.717) is 36.3 Å². The smallest absolute Gasteiger partial charge is 0.342 e. The van der Waals surface area contributed by atoms with E-state index in [0.717, 1.165) is 29.3 Å². The molecule has 0 spiro atoms. The molecule has 0 aromatic heterocycles. The topological polar surface area (TPSA) is 82.1 Å². The van der Waals surface area contributed by atoms with E-state index in [2.05, 4.69) is 15.9 Å². The molecular formula is C22H29BrO6. The molecule has 0 aliphatic carbocycles. The highest BCUT2D eigenvalue weighted by Crippen LogP contribution is 2.42. The second kappa shape index (κ2) is 10.7. The third kappa shape index (κ3) is 5.32. The number of carbonyl (C=O) groups excluding carboxylic acids is 2. The van der Waals surface area contributed by atoms with Gasteiger partial charge in [0.25, 0.3) is 0 Å². The Morgan fingerprint density at radius 3 is 2.76 bits per heavy atom. The Morgan fingerprint density at radius 2 is 2.14 bits per heavy atom. The second-order valence-electron chi connectivity index (χ2n) is 7.10. The summed E-state index contributed by atoms with van der Waals surface area (Å²) in [5, 5.41) is 11.6. The minimum absolute atomic E-state index is 0.0558. The number of allylic oxidation sites excluding steroid dienone is 2. The number of halogens is 1. The van der Waals surface area contributed by atoms with Gasteiger partial charge in [-0.25, -0.2) is 4.79 Å². The van der Waals surface area contributed by atoms with Crippen LogP contribution in [0.25, 0.3) is 0 Å². The van der Waals surface area contributed by atoms with E-state index in [1.54, 1.807) is 14.0 Å². The lowest BCUT2D eigenvalue weighted by Gasteiger charge is -2.18. The van der Waals surface area contributed by atoms with Gasteiger partial charge in [0.05, 0.1) is 20.1 Å². The fraction of sp³-hybridized carbons (Fsp3) is 0.545. The zero-order chi connectivity index (χ0) is 21.6. The van der Waals surface area contributed by atoms with Gasteiger partial charge < -0.3 is 19.3 Å². The number of cyclic esters (lactones) is 1. The van der Waals surface area contributed by atoms with Gasteiger partial charge in [0.15, 0.2) is 0 Å².